The molecular weight excluding hydrogens is 160 g/mol. The third-order valence-corrected chi connectivity index (χ3v) is 1.27. The first-order valence-corrected chi connectivity index (χ1v) is 3.33. The molecule has 0 aromatic heterocycles. The van der Waals surface area contributed by atoms with E-state index in [1.54, 1.807) is 6.92 Å². The van der Waals surface area contributed by atoms with E-state index in [0.717, 1.165) is 7.11 Å². The third-order valence-electron chi connectivity index (χ3n) is 1.27. The number of carbonyl (C=O) groups is 2. The molecule has 0 spiro atoms. The van der Waals surface area contributed by atoms with E-state index in [-0.39, 0.29) is 6.42 Å². The first kappa shape index (κ1) is 10.5. The van der Waals surface area contributed by atoms with Gasteiger partial charge in [0.15, 0.2) is 5.92 Å². The highest BCUT2D eigenvalue weighted by atomic mass is 16.5. The second-order valence-electron chi connectivity index (χ2n) is 2.04. The van der Waals surface area contributed by atoms with Crippen LogP contribution in [0.3, 0.4) is 0 Å². The number of carboxylic acid groups (broad SMARTS) is 1. The van der Waals surface area contributed by atoms with E-state index in [2.05, 4.69) is 16.6 Å². The fraction of sp³-hybridized carbons (Fsp3) is 0.500. The van der Waals surface area contributed by atoms with Crippen molar-refractivity contribution in [2.24, 2.45) is 5.92 Å². The summed E-state index contributed by atoms with van der Waals surface area (Å²) in [7, 11) is 1.15. The van der Waals surface area contributed by atoms with Gasteiger partial charge in [0.2, 0.25) is 0 Å². The maximum Gasteiger partial charge on any atom is 0.321 e. The Balaban J connectivity index is 4.30. The summed E-state index contributed by atoms with van der Waals surface area (Å²) in [6.07, 6.45) is -0.00148. The van der Waals surface area contributed by atoms with E-state index < -0.39 is 17.9 Å². The number of carboxylic acids is 1. The number of carbonyl (C=O) groups excluding carboxylic acids is 1. The van der Waals surface area contributed by atoms with Gasteiger partial charge in [-0.1, -0.05) is 0 Å². The van der Waals surface area contributed by atoms with Crippen molar-refractivity contribution in [2.45, 2.75) is 13.3 Å². The molecule has 4 nitrogen and oxygen atoms in total. The quantitative estimate of drug-likeness (QED) is 0.375. The monoisotopic (exact) mass is 170 g/mol. The molecule has 1 atom stereocenters. The lowest BCUT2D eigenvalue weighted by molar-refractivity contribution is -0.156. The summed E-state index contributed by atoms with van der Waals surface area (Å²) in [5.41, 5.74) is 0. The topological polar surface area (TPSA) is 63.6 Å². The van der Waals surface area contributed by atoms with Crippen LogP contribution in [0.1, 0.15) is 13.3 Å². The predicted molar refractivity (Wildman–Crippen MR) is 41.2 cm³/mol. The van der Waals surface area contributed by atoms with Gasteiger partial charge in [-0.25, -0.2) is 0 Å². The zero-order chi connectivity index (χ0) is 9.56. The smallest absolute Gasteiger partial charge is 0.321 e. The molecule has 0 fully saturated rings. The molecular formula is C8H10O4. The van der Waals surface area contributed by atoms with E-state index in [9.17, 15) is 9.59 Å². The molecule has 0 aromatic rings. The summed E-state index contributed by atoms with van der Waals surface area (Å²) in [4.78, 5) is 21.2. The molecule has 0 bridgehead atoms. The molecule has 0 saturated heterocycles. The standard InChI is InChI=1S/C8H10O4/c1-3-4-5-6(7(9)10)8(11)12-2/h6H,5H2,1-2H3,(H,9,10). The summed E-state index contributed by atoms with van der Waals surface area (Å²) in [5.74, 6) is 1.90. The fourth-order valence-corrected chi connectivity index (χ4v) is 0.618. The van der Waals surface area contributed by atoms with Gasteiger partial charge in [0.05, 0.1) is 7.11 Å². The van der Waals surface area contributed by atoms with Crippen LogP contribution in [-0.4, -0.2) is 24.2 Å². The first-order valence-electron chi connectivity index (χ1n) is 3.33. The van der Waals surface area contributed by atoms with Crippen molar-refractivity contribution in [3.05, 3.63) is 0 Å². The average Bonchev–Trinajstić information content (AvgIpc) is 2.04. The molecule has 0 aromatic carbocycles. The Morgan fingerprint density at radius 3 is 2.50 bits per heavy atom. The summed E-state index contributed by atoms with van der Waals surface area (Å²) in [6, 6.07) is 0. The Morgan fingerprint density at radius 1 is 1.58 bits per heavy atom. The number of rotatable bonds is 3. The molecule has 12 heavy (non-hydrogen) atoms. The molecule has 0 rings (SSSR count). The van der Waals surface area contributed by atoms with Crippen molar-refractivity contribution >= 4 is 11.9 Å². The maximum atomic E-state index is 10.8. The van der Waals surface area contributed by atoms with Crippen LogP contribution in [0.4, 0.5) is 0 Å². The van der Waals surface area contributed by atoms with Crippen molar-refractivity contribution in [1.29, 1.82) is 0 Å². The van der Waals surface area contributed by atoms with Gasteiger partial charge in [-0.2, -0.15) is 0 Å². The predicted octanol–water partition coefficient (Wildman–Crippen LogP) is 0.274. The zero-order valence-corrected chi connectivity index (χ0v) is 6.96. The third kappa shape index (κ3) is 3.06. The molecule has 1 unspecified atom stereocenters. The summed E-state index contributed by atoms with van der Waals surface area (Å²) < 4.78 is 4.28. The molecule has 0 aliphatic heterocycles. The molecule has 0 saturated carbocycles. The summed E-state index contributed by atoms with van der Waals surface area (Å²) >= 11 is 0. The molecule has 1 N–H and O–H groups in total. The number of esters is 1. The van der Waals surface area contributed by atoms with Crippen LogP contribution in [0.15, 0.2) is 0 Å². The van der Waals surface area contributed by atoms with Gasteiger partial charge in [0, 0.05) is 6.42 Å². The first-order chi connectivity index (χ1) is 5.63. The van der Waals surface area contributed by atoms with Gasteiger partial charge >= 0.3 is 11.9 Å². The number of ether oxygens (including phenoxy) is 1. The average molecular weight is 170 g/mol. The van der Waals surface area contributed by atoms with E-state index in [4.69, 9.17) is 5.11 Å². The Labute approximate surface area is 70.5 Å². The number of hydrogen-bond acceptors (Lipinski definition) is 3. The van der Waals surface area contributed by atoms with Gasteiger partial charge < -0.3 is 9.84 Å². The number of aliphatic carboxylic acids is 1. The molecule has 4 heteroatoms. The van der Waals surface area contributed by atoms with Crippen molar-refractivity contribution < 1.29 is 19.4 Å². The molecule has 0 aliphatic rings. The Kier molecular flexibility index (Phi) is 4.54. The van der Waals surface area contributed by atoms with Gasteiger partial charge in [0.25, 0.3) is 0 Å². The van der Waals surface area contributed by atoms with E-state index in [0.29, 0.717) is 0 Å². The second-order valence-corrected chi connectivity index (χ2v) is 2.04. The largest absolute Gasteiger partial charge is 0.481 e. The van der Waals surface area contributed by atoms with Crippen molar-refractivity contribution in [2.75, 3.05) is 7.11 Å². The Bertz CT molecular complexity index is 233. The SMILES string of the molecule is CC#CCC(C(=O)O)C(=O)OC. The van der Waals surface area contributed by atoms with Crippen LogP contribution in [0, 0.1) is 17.8 Å². The van der Waals surface area contributed by atoms with Crippen LogP contribution in [0.5, 0.6) is 0 Å². The fourth-order valence-electron chi connectivity index (χ4n) is 0.618. The minimum absolute atomic E-state index is 0.00148. The van der Waals surface area contributed by atoms with Crippen molar-refractivity contribution in [3.8, 4) is 11.8 Å². The van der Waals surface area contributed by atoms with E-state index in [1.165, 1.54) is 0 Å². The van der Waals surface area contributed by atoms with Crippen LogP contribution in [-0.2, 0) is 14.3 Å². The highest BCUT2D eigenvalue weighted by Crippen LogP contribution is 2.04. The lowest BCUT2D eigenvalue weighted by Crippen LogP contribution is -2.24. The minimum Gasteiger partial charge on any atom is -0.481 e. The normalized spacial score (nSPS) is 10.8. The van der Waals surface area contributed by atoms with Crippen molar-refractivity contribution in [3.63, 3.8) is 0 Å². The van der Waals surface area contributed by atoms with Gasteiger partial charge in [-0.05, 0) is 6.92 Å². The molecule has 0 aliphatic carbocycles. The number of methoxy groups -OCH3 is 1. The highest BCUT2D eigenvalue weighted by molar-refractivity contribution is 5.94. The van der Waals surface area contributed by atoms with Crippen LogP contribution >= 0.6 is 0 Å². The molecule has 0 radical (unpaired) electrons. The lowest BCUT2D eigenvalue weighted by atomic mass is 10.1. The van der Waals surface area contributed by atoms with Gasteiger partial charge in [0.1, 0.15) is 0 Å². The Morgan fingerprint density at radius 2 is 2.17 bits per heavy atom. The van der Waals surface area contributed by atoms with Crippen molar-refractivity contribution in [1.82, 2.24) is 0 Å². The molecule has 0 heterocycles. The van der Waals surface area contributed by atoms with E-state index in [1.807, 2.05) is 0 Å². The summed E-state index contributed by atoms with van der Waals surface area (Å²) in [5, 5.41) is 8.53. The van der Waals surface area contributed by atoms with Crippen LogP contribution in [0.25, 0.3) is 0 Å². The van der Waals surface area contributed by atoms with Gasteiger partial charge in [-0.15, -0.1) is 11.8 Å². The second kappa shape index (κ2) is 5.19. The van der Waals surface area contributed by atoms with Crippen LogP contribution in [0.2, 0.25) is 0 Å². The van der Waals surface area contributed by atoms with E-state index >= 15 is 0 Å². The zero-order valence-electron chi connectivity index (χ0n) is 6.96. The number of hydrogen-bond donors (Lipinski definition) is 1. The van der Waals surface area contributed by atoms with Crippen LogP contribution < -0.4 is 0 Å². The Hall–Kier alpha value is -1.50. The maximum absolute atomic E-state index is 10.8. The highest BCUT2D eigenvalue weighted by Gasteiger charge is 2.25. The molecule has 66 valence electrons. The van der Waals surface area contributed by atoms with Gasteiger partial charge in [-0.3, -0.25) is 9.59 Å². The summed E-state index contributed by atoms with van der Waals surface area (Å²) in [6.45, 7) is 1.58. The lowest BCUT2D eigenvalue weighted by Gasteiger charge is -2.04. The minimum atomic E-state index is -1.20. The molecule has 0 amide bonds.